The molecule has 1 unspecified atom stereocenters. The van der Waals surface area contributed by atoms with E-state index in [1.807, 2.05) is 24.3 Å². The van der Waals surface area contributed by atoms with Gasteiger partial charge in [0.1, 0.15) is 5.82 Å². The normalized spacial score (nSPS) is 11.5. The predicted octanol–water partition coefficient (Wildman–Crippen LogP) is 7.40. The van der Waals surface area contributed by atoms with Crippen LogP contribution in [0.25, 0.3) is 11.1 Å². The number of carbonyl (C=O) groups is 3. The highest BCUT2D eigenvalue weighted by Gasteiger charge is 2.21. The molecular formula is C35H34BrFN2O4. The first-order valence-electron chi connectivity index (χ1n) is 14.3. The number of halogens is 2. The number of aliphatic carboxylic acids is 1. The second kappa shape index (κ2) is 15.3. The largest absolute Gasteiger partial charge is 0.474 e. The lowest BCUT2D eigenvalue weighted by Crippen LogP contribution is -2.35. The molecule has 4 rings (SSSR count). The molecule has 0 aliphatic heterocycles. The molecule has 0 aromatic heterocycles. The molecule has 8 heteroatoms. The highest BCUT2D eigenvalue weighted by Crippen LogP contribution is 2.28. The van der Waals surface area contributed by atoms with Gasteiger partial charge in [0.2, 0.25) is 0 Å². The average molecular weight is 646 g/mol. The van der Waals surface area contributed by atoms with E-state index in [1.165, 1.54) is 37.0 Å². The van der Waals surface area contributed by atoms with Crippen molar-refractivity contribution in [2.75, 3.05) is 0 Å². The summed E-state index contributed by atoms with van der Waals surface area (Å²) < 4.78 is 14.1. The first-order valence-corrected chi connectivity index (χ1v) is 15.1. The van der Waals surface area contributed by atoms with Crippen LogP contribution in [-0.4, -0.2) is 22.9 Å². The van der Waals surface area contributed by atoms with Crippen molar-refractivity contribution in [3.8, 4) is 11.1 Å². The fraction of sp³-hybridized carbons (Fsp3) is 0.229. The molecule has 0 aliphatic rings. The summed E-state index contributed by atoms with van der Waals surface area (Å²) in [5.74, 6) is -3.28. The van der Waals surface area contributed by atoms with Crippen LogP contribution in [0, 0.1) is 5.82 Å². The van der Waals surface area contributed by atoms with E-state index in [1.54, 1.807) is 42.5 Å². The Kier molecular flexibility index (Phi) is 11.2. The van der Waals surface area contributed by atoms with Gasteiger partial charge in [0.25, 0.3) is 5.91 Å². The zero-order valence-electron chi connectivity index (χ0n) is 23.9. The summed E-state index contributed by atoms with van der Waals surface area (Å²) in [6.07, 6.45) is 4.90. The van der Waals surface area contributed by atoms with Crippen molar-refractivity contribution in [1.29, 1.82) is 0 Å². The second-order valence-electron chi connectivity index (χ2n) is 10.4. The maximum atomic E-state index is 13.4. The number of nitrogens with one attached hydrogen (secondary N) is 2. The molecule has 222 valence electrons. The van der Waals surface area contributed by atoms with Gasteiger partial charge in [0.15, 0.2) is 0 Å². The van der Waals surface area contributed by atoms with Gasteiger partial charge in [-0.2, -0.15) is 0 Å². The molecule has 0 spiro atoms. The molecule has 4 aromatic rings. The maximum Gasteiger partial charge on any atom is 0.394 e. The number of unbranched alkanes of at least 4 members (excludes halogenated alkanes) is 2. The monoisotopic (exact) mass is 644 g/mol. The van der Waals surface area contributed by atoms with Gasteiger partial charge in [-0.1, -0.05) is 96.4 Å². The Labute approximate surface area is 259 Å². The highest BCUT2D eigenvalue weighted by atomic mass is 79.9. The van der Waals surface area contributed by atoms with Crippen LogP contribution in [0.15, 0.2) is 95.5 Å². The van der Waals surface area contributed by atoms with Gasteiger partial charge in [0, 0.05) is 16.6 Å². The molecule has 0 heterocycles. The van der Waals surface area contributed by atoms with Crippen molar-refractivity contribution in [2.45, 2.75) is 51.6 Å². The Balaban J connectivity index is 1.46. The molecule has 0 bridgehead atoms. The van der Waals surface area contributed by atoms with Crippen molar-refractivity contribution >= 4 is 33.7 Å². The van der Waals surface area contributed by atoms with Crippen LogP contribution in [0.2, 0.25) is 0 Å². The molecule has 0 fully saturated rings. The number of aryl methyl sites for hydroxylation is 1. The van der Waals surface area contributed by atoms with Gasteiger partial charge in [0.05, 0.1) is 6.04 Å². The summed E-state index contributed by atoms with van der Waals surface area (Å²) in [7, 11) is 0. The Morgan fingerprint density at radius 1 is 0.860 bits per heavy atom. The predicted molar refractivity (Wildman–Crippen MR) is 169 cm³/mol. The van der Waals surface area contributed by atoms with Crippen molar-refractivity contribution in [3.63, 3.8) is 0 Å². The van der Waals surface area contributed by atoms with E-state index in [2.05, 4.69) is 45.6 Å². The van der Waals surface area contributed by atoms with Crippen molar-refractivity contribution in [2.24, 2.45) is 0 Å². The van der Waals surface area contributed by atoms with Crippen LogP contribution in [0.4, 0.5) is 4.39 Å². The topological polar surface area (TPSA) is 95.5 Å². The van der Waals surface area contributed by atoms with E-state index in [0.29, 0.717) is 22.1 Å². The minimum Gasteiger partial charge on any atom is -0.474 e. The summed E-state index contributed by atoms with van der Waals surface area (Å²) in [6.45, 7) is 2.59. The molecule has 2 amide bonds. The van der Waals surface area contributed by atoms with E-state index in [9.17, 15) is 23.9 Å². The van der Waals surface area contributed by atoms with Crippen LogP contribution in [0.1, 0.15) is 64.8 Å². The van der Waals surface area contributed by atoms with Crippen LogP contribution >= 0.6 is 15.9 Å². The van der Waals surface area contributed by atoms with Crippen LogP contribution in [0.5, 0.6) is 0 Å². The zero-order valence-corrected chi connectivity index (χ0v) is 25.5. The number of amides is 2. The maximum absolute atomic E-state index is 13.4. The van der Waals surface area contributed by atoms with E-state index in [-0.39, 0.29) is 18.1 Å². The Morgan fingerprint density at radius 2 is 1.58 bits per heavy atom. The van der Waals surface area contributed by atoms with E-state index >= 15 is 0 Å². The number of carbonyl (C=O) groups excluding carboxylic acids is 2. The fourth-order valence-corrected chi connectivity index (χ4v) is 5.35. The highest BCUT2D eigenvalue weighted by molar-refractivity contribution is 9.10. The lowest BCUT2D eigenvalue weighted by atomic mass is 9.94. The van der Waals surface area contributed by atoms with E-state index in [4.69, 9.17) is 0 Å². The van der Waals surface area contributed by atoms with Crippen molar-refractivity contribution in [3.05, 3.63) is 129 Å². The summed E-state index contributed by atoms with van der Waals surface area (Å²) >= 11 is 3.55. The lowest BCUT2D eigenvalue weighted by molar-refractivity contribution is -0.150. The number of benzene rings is 4. The molecule has 4 aromatic carbocycles. The fourth-order valence-electron chi connectivity index (χ4n) is 4.81. The number of hydrogen-bond acceptors (Lipinski definition) is 3. The molecular weight excluding hydrogens is 611 g/mol. The minimum absolute atomic E-state index is 0.220. The SMILES string of the molecule is CCCCCc1ccc(CNC(=O)c2ccc(CC(NC(=O)C(=O)O)c3cccc(-c4ccc(F)cc4)c3)c(Br)c2)cc1. The summed E-state index contributed by atoms with van der Waals surface area (Å²) in [5, 5.41) is 14.8. The van der Waals surface area contributed by atoms with Gasteiger partial charge in [-0.3, -0.25) is 9.59 Å². The summed E-state index contributed by atoms with van der Waals surface area (Å²) in [6, 6.07) is 26.2. The lowest BCUT2D eigenvalue weighted by Gasteiger charge is -2.20. The van der Waals surface area contributed by atoms with Gasteiger partial charge in [-0.15, -0.1) is 0 Å². The zero-order chi connectivity index (χ0) is 30.8. The van der Waals surface area contributed by atoms with Gasteiger partial charge < -0.3 is 15.7 Å². The molecule has 6 nitrogen and oxygen atoms in total. The number of rotatable bonds is 12. The first kappa shape index (κ1) is 31.6. The third-order valence-corrected chi connectivity index (χ3v) is 7.99. The Morgan fingerprint density at radius 3 is 2.26 bits per heavy atom. The summed E-state index contributed by atoms with van der Waals surface area (Å²) in [4.78, 5) is 36.4. The minimum atomic E-state index is -1.59. The molecule has 1 atom stereocenters. The van der Waals surface area contributed by atoms with Crippen LogP contribution in [-0.2, 0) is 29.0 Å². The van der Waals surface area contributed by atoms with E-state index in [0.717, 1.165) is 28.7 Å². The van der Waals surface area contributed by atoms with Crippen LogP contribution in [0.3, 0.4) is 0 Å². The molecule has 43 heavy (non-hydrogen) atoms. The Hall–Kier alpha value is -4.30. The van der Waals surface area contributed by atoms with Crippen molar-refractivity contribution < 1.29 is 23.9 Å². The van der Waals surface area contributed by atoms with Crippen LogP contribution < -0.4 is 10.6 Å². The molecule has 0 saturated carbocycles. The third kappa shape index (κ3) is 9.09. The molecule has 0 saturated heterocycles. The molecule has 3 N–H and O–H groups in total. The second-order valence-corrected chi connectivity index (χ2v) is 11.3. The van der Waals surface area contributed by atoms with Gasteiger partial charge >= 0.3 is 11.9 Å². The Bertz CT molecular complexity index is 1570. The van der Waals surface area contributed by atoms with E-state index < -0.39 is 17.9 Å². The quantitative estimate of drug-likeness (QED) is 0.111. The van der Waals surface area contributed by atoms with Gasteiger partial charge in [-0.25, -0.2) is 9.18 Å². The first-order chi connectivity index (χ1) is 20.7. The average Bonchev–Trinajstić information content (AvgIpc) is 3.01. The summed E-state index contributed by atoms with van der Waals surface area (Å²) in [5.41, 5.74) is 5.82. The number of hydrogen-bond donors (Lipinski definition) is 3. The van der Waals surface area contributed by atoms with Gasteiger partial charge in [-0.05, 0) is 83.0 Å². The van der Waals surface area contributed by atoms with Crippen molar-refractivity contribution in [1.82, 2.24) is 10.6 Å². The smallest absolute Gasteiger partial charge is 0.394 e. The molecule has 0 aliphatic carbocycles. The molecule has 0 radical (unpaired) electrons. The third-order valence-electron chi connectivity index (χ3n) is 7.25. The number of carboxylic acid groups (broad SMARTS) is 1. The number of carboxylic acids is 1. The standard InChI is InChI=1S/C35H34BrFN2O4/c1-2-3-4-6-23-9-11-24(12-10-23)22-38-33(40)29-14-13-27(31(36)20-29)21-32(39-34(41)35(42)43)28-8-5-7-26(19-28)25-15-17-30(37)18-16-25/h5,7-20,32H,2-4,6,21-22H2,1H3,(H,38,40)(H,39,41)(H,42,43).